The number of unbranched alkanes of at least 4 members (excludes halogenated alkanes) is 1. The normalized spacial score (nSPS) is 11.1. The molecule has 0 aliphatic rings. The Morgan fingerprint density at radius 3 is 2.35 bits per heavy atom. The maximum atomic E-state index is 4.75. The fourth-order valence-electron chi connectivity index (χ4n) is 2.63. The standard InChI is InChI=1S/C19H30N6.HI/c1-4-17-8-10-18(11-9-17)14-24(3)19(20-5-2)21-12-6-7-13-25-15-22-23-16-25;/h8-11,15-16H,4-7,12-14H2,1-3H3,(H,20,21);1H. The number of hydrogen-bond acceptors (Lipinski definition) is 3. The molecule has 1 aromatic heterocycles. The molecule has 0 saturated heterocycles. The summed E-state index contributed by atoms with van der Waals surface area (Å²) in [7, 11) is 2.09. The summed E-state index contributed by atoms with van der Waals surface area (Å²) in [5.74, 6) is 0.964. The predicted molar refractivity (Wildman–Crippen MR) is 118 cm³/mol. The first kappa shape index (κ1) is 22.4. The lowest BCUT2D eigenvalue weighted by molar-refractivity contribution is 0.475. The summed E-state index contributed by atoms with van der Waals surface area (Å²) < 4.78 is 2.00. The molecule has 2 rings (SSSR count). The second-order valence-corrected chi connectivity index (χ2v) is 6.17. The molecule has 0 fully saturated rings. The third kappa shape index (κ3) is 7.72. The highest BCUT2D eigenvalue weighted by Gasteiger charge is 2.06. The Labute approximate surface area is 174 Å². The Morgan fingerprint density at radius 1 is 1.08 bits per heavy atom. The third-order valence-electron chi connectivity index (χ3n) is 4.10. The van der Waals surface area contributed by atoms with Crippen LogP contribution in [0.2, 0.25) is 0 Å². The highest BCUT2D eigenvalue weighted by atomic mass is 127. The molecule has 0 unspecified atom stereocenters. The van der Waals surface area contributed by atoms with Crippen molar-refractivity contribution in [1.82, 2.24) is 25.0 Å². The van der Waals surface area contributed by atoms with Crippen molar-refractivity contribution in [3.63, 3.8) is 0 Å². The molecular weight excluding hydrogens is 439 g/mol. The van der Waals surface area contributed by atoms with Gasteiger partial charge in [-0.3, -0.25) is 4.99 Å². The first-order valence-electron chi connectivity index (χ1n) is 9.12. The lowest BCUT2D eigenvalue weighted by Gasteiger charge is -2.22. The first-order valence-corrected chi connectivity index (χ1v) is 9.12. The summed E-state index contributed by atoms with van der Waals surface area (Å²) in [6.45, 7) is 7.78. The monoisotopic (exact) mass is 470 g/mol. The van der Waals surface area contributed by atoms with Crippen LogP contribution in [0.25, 0.3) is 0 Å². The molecule has 1 aromatic carbocycles. The number of benzene rings is 1. The SMILES string of the molecule is CCNC(=NCCCCn1cnnc1)N(C)Cc1ccc(CC)cc1.I. The number of rotatable bonds is 9. The van der Waals surface area contributed by atoms with E-state index in [1.165, 1.54) is 11.1 Å². The summed E-state index contributed by atoms with van der Waals surface area (Å²) in [4.78, 5) is 6.94. The molecule has 0 aliphatic heterocycles. The quantitative estimate of drug-likeness (QED) is 0.265. The number of guanidine groups is 1. The maximum Gasteiger partial charge on any atom is 0.193 e. The van der Waals surface area contributed by atoms with Crippen LogP contribution in [0.5, 0.6) is 0 Å². The highest BCUT2D eigenvalue weighted by Crippen LogP contribution is 2.07. The third-order valence-corrected chi connectivity index (χ3v) is 4.10. The summed E-state index contributed by atoms with van der Waals surface area (Å²) >= 11 is 0. The number of aryl methyl sites for hydroxylation is 2. The average molecular weight is 470 g/mol. The fraction of sp³-hybridized carbons (Fsp3) is 0.526. The van der Waals surface area contributed by atoms with Crippen LogP contribution < -0.4 is 5.32 Å². The summed E-state index contributed by atoms with van der Waals surface area (Å²) in [6, 6.07) is 8.83. The van der Waals surface area contributed by atoms with Gasteiger partial charge in [0.05, 0.1) is 0 Å². The van der Waals surface area contributed by atoms with Crippen molar-refractivity contribution in [2.45, 2.75) is 46.2 Å². The average Bonchev–Trinajstić information content (AvgIpc) is 3.14. The fourth-order valence-corrected chi connectivity index (χ4v) is 2.63. The smallest absolute Gasteiger partial charge is 0.193 e. The van der Waals surface area contributed by atoms with Crippen molar-refractivity contribution < 1.29 is 0 Å². The van der Waals surface area contributed by atoms with Gasteiger partial charge in [0.2, 0.25) is 0 Å². The zero-order valence-corrected chi connectivity index (χ0v) is 18.4. The Balaban J connectivity index is 0.00000338. The van der Waals surface area contributed by atoms with Crippen LogP contribution >= 0.6 is 24.0 Å². The Bertz CT molecular complexity index is 624. The van der Waals surface area contributed by atoms with E-state index in [1.807, 2.05) is 4.57 Å². The number of hydrogen-bond donors (Lipinski definition) is 1. The van der Waals surface area contributed by atoms with Crippen molar-refractivity contribution >= 4 is 29.9 Å². The molecule has 1 heterocycles. The van der Waals surface area contributed by atoms with Gasteiger partial charge < -0.3 is 14.8 Å². The topological polar surface area (TPSA) is 58.3 Å². The molecule has 1 N–H and O–H groups in total. The van der Waals surface area contributed by atoms with Gasteiger partial charge in [-0.1, -0.05) is 31.2 Å². The molecule has 0 bridgehead atoms. The van der Waals surface area contributed by atoms with Crippen LogP contribution in [0.15, 0.2) is 41.9 Å². The van der Waals surface area contributed by atoms with Crippen molar-refractivity contribution in [2.24, 2.45) is 4.99 Å². The van der Waals surface area contributed by atoms with E-state index in [0.717, 1.165) is 51.4 Å². The maximum absolute atomic E-state index is 4.75. The molecule has 0 amide bonds. The van der Waals surface area contributed by atoms with E-state index in [4.69, 9.17) is 4.99 Å². The predicted octanol–water partition coefficient (Wildman–Crippen LogP) is 3.34. The minimum absolute atomic E-state index is 0. The Morgan fingerprint density at radius 2 is 1.73 bits per heavy atom. The molecule has 6 nitrogen and oxygen atoms in total. The van der Waals surface area contributed by atoms with E-state index in [1.54, 1.807) is 12.7 Å². The van der Waals surface area contributed by atoms with Crippen LogP contribution in [-0.4, -0.2) is 45.8 Å². The van der Waals surface area contributed by atoms with Gasteiger partial charge in [-0.05, 0) is 37.3 Å². The van der Waals surface area contributed by atoms with E-state index in [-0.39, 0.29) is 24.0 Å². The second-order valence-electron chi connectivity index (χ2n) is 6.17. The van der Waals surface area contributed by atoms with E-state index in [9.17, 15) is 0 Å². The van der Waals surface area contributed by atoms with Gasteiger partial charge in [-0.2, -0.15) is 0 Å². The van der Waals surface area contributed by atoms with Crippen molar-refractivity contribution in [3.05, 3.63) is 48.0 Å². The zero-order valence-electron chi connectivity index (χ0n) is 16.1. The minimum atomic E-state index is 0. The molecule has 26 heavy (non-hydrogen) atoms. The van der Waals surface area contributed by atoms with Gasteiger partial charge in [0.1, 0.15) is 12.7 Å². The number of nitrogens with zero attached hydrogens (tertiary/aromatic N) is 5. The molecule has 7 heteroatoms. The van der Waals surface area contributed by atoms with E-state index in [0.29, 0.717) is 0 Å². The van der Waals surface area contributed by atoms with E-state index < -0.39 is 0 Å². The van der Waals surface area contributed by atoms with Gasteiger partial charge in [-0.25, -0.2) is 0 Å². The summed E-state index contributed by atoms with van der Waals surface area (Å²) in [5, 5.41) is 11.0. The second kappa shape index (κ2) is 12.7. The number of aliphatic imine (C=N–C) groups is 1. The Hall–Kier alpha value is -1.64. The lowest BCUT2D eigenvalue weighted by Crippen LogP contribution is -2.38. The minimum Gasteiger partial charge on any atom is -0.357 e. The van der Waals surface area contributed by atoms with Gasteiger partial charge in [0.15, 0.2) is 5.96 Å². The van der Waals surface area contributed by atoms with Gasteiger partial charge >= 0.3 is 0 Å². The molecular formula is C19H31IN6. The Kier molecular flexibility index (Phi) is 10.9. The highest BCUT2D eigenvalue weighted by molar-refractivity contribution is 14.0. The molecule has 144 valence electrons. The van der Waals surface area contributed by atoms with Crippen LogP contribution in [0.1, 0.15) is 37.8 Å². The largest absolute Gasteiger partial charge is 0.357 e. The van der Waals surface area contributed by atoms with E-state index >= 15 is 0 Å². The van der Waals surface area contributed by atoms with Crippen LogP contribution in [-0.2, 0) is 19.5 Å². The molecule has 0 spiro atoms. The molecule has 0 saturated carbocycles. The molecule has 0 atom stereocenters. The van der Waals surface area contributed by atoms with Gasteiger partial charge in [0.25, 0.3) is 0 Å². The zero-order chi connectivity index (χ0) is 17.9. The van der Waals surface area contributed by atoms with Gasteiger partial charge in [-0.15, -0.1) is 34.2 Å². The van der Waals surface area contributed by atoms with Gasteiger partial charge in [0, 0.05) is 33.2 Å². The van der Waals surface area contributed by atoms with Crippen LogP contribution in [0.3, 0.4) is 0 Å². The van der Waals surface area contributed by atoms with Crippen molar-refractivity contribution in [2.75, 3.05) is 20.1 Å². The van der Waals surface area contributed by atoms with E-state index in [2.05, 4.69) is 65.6 Å². The van der Waals surface area contributed by atoms with Crippen LogP contribution in [0, 0.1) is 0 Å². The van der Waals surface area contributed by atoms with Crippen LogP contribution in [0.4, 0.5) is 0 Å². The number of nitrogens with one attached hydrogen (secondary N) is 1. The number of halogens is 1. The molecule has 0 radical (unpaired) electrons. The first-order chi connectivity index (χ1) is 12.2. The molecule has 0 aliphatic carbocycles. The van der Waals surface area contributed by atoms with Crippen molar-refractivity contribution in [3.8, 4) is 0 Å². The number of aromatic nitrogens is 3. The summed E-state index contributed by atoms with van der Waals surface area (Å²) in [5.41, 5.74) is 2.68. The lowest BCUT2D eigenvalue weighted by atomic mass is 10.1. The van der Waals surface area contributed by atoms with Crippen molar-refractivity contribution in [1.29, 1.82) is 0 Å². The molecule has 2 aromatic rings. The summed E-state index contributed by atoms with van der Waals surface area (Å²) in [6.07, 6.45) is 6.71.